The largest absolute Gasteiger partial charge is 0.338 e. The zero-order valence-electron chi connectivity index (χ0n) is 15.3. The predicted molar refractivity (Wildman–Crippen MR) is 105 cm³/mol. The number of hydrogen-bond donors (Lipinski definition) is 1. The molecule has 6 nitrogen and oxygen atoms in total. The number of carbonyl (C=O) groups is 1. The van der Waals surface area contributed by atoms with Gasteiger partial charge in [0.15, 0.2) is 0 Å². The Morgan fingerprint density at radius 1 is 0.889 bits per heavy atom. The molecule has 0 radical (unpaired) electrons. The minimum atomic E-state index is -3.49. The SMILES string of the molecule is O=C(NCCCc1ccccc1)N1CCN(S(=O)(=O)c2ccccc2)CC1. The number of sulfonamides is 1. The number of amides is 2. The molecule has 2 amide bonds. The first-order valence-corrected chi connectivity index (χ1v) is 10.6. The molecule has 144 valence electrons. The Labute approximate surface area is 160 Å². The van der Waals surface area contributed by atoms with Gasteiger partial charge in [0.25, 0.3) is 0 Å². The molecule has 2 aromatic rings. The molecule has 1 heterocycles. The standard InChI is InChI=1S/C20H25N3O3S/c24-20(21-13-7-10-18-8-3-1-4-9-18)22-14-16-23(17-15-22)27(25,26)19-11-5-2-6-12-19/h1-6,8-9,11-12H,7,10,13-17H2,(H,21,24). The Morgan fingerprint density at radius 3 is 2.11 bits per heavy atom. The minimum Gasteiger partial charge on any atom is -0.338 e. The summed E-state index contributed by atoms with van der Waals surface area (Å²) in [5.41, 5.74) is 1.26. The first kappa shape index (κ1) is 19.4. The van der Waals surface area contributed by atoms with Crippen LogP contribution in [-0.2, 0) is 16.4 Å². The first-order valence-electron chi connectivity index (χ1n) is 9.19. The smallest absolute Gasteiger partial charge is 0.317 e. The lowest BCUT2D eigenvalue weighted by atomic mass is 10.1. The van der Waals surface area contributed by atoms with Gasteiger partial charge in [0.05, 0.1) is 4.90 Å². The van der Waals surface area contributed by atoms with Crippen LogP contribution in [0.3, 0.4) is 0 Å². The molecule has 0 saturated carbocycles. The van der Waals surface area contributed by atoms with Gasteiger partial charge in [0.2, 0.25) is 10.0 Å². The van der Waals surface area contributed by atoms with Crippen LogP contribution in [0.4, 0.5) is 4.79 Å². The van der Waals surface area contributed by atoms with Gasteiger partial charge in [-0.2, -0.15) is 4.31 Å². The molecular weight excluding hydrogens is 362 g/mol. The topological polar surface area (TPSA) is 69.7 Å². The highest BCUT2D eigenvalue weighted by Gasteiger charge is 2.29. The Bertz CT molecular complexity index is 833. The number of carbonyl (C=O) groups excluding carboxylic acids is 1. The van der Waals surface area contributed by atoms with E-state index in [4.69, 9.17) is 0 Å². The van der Waals surface area contributed by atoms with Gasteiger partial charge in [0, 0.05) is 32.7 Å². The fraction of sp³-hybridized carbons (Fsp3) is 0.350. The second-order valence-electron chi connectivity index (χ2n) is 6.53. The second-order valence-corrected chi connectivity index (χ2v) is 8.46. The number of piperazine rings is 1. The summed E-state index contributed by atoms with van der Waals surface area (Å²) in [7, 11) is -3.49. The fourth-order valence-corrected chi connectivity index (χ4v) is 4.56. The number of hydrogen-bond acceptors (Lipinski definition) is 3. The van der Waals surface area contributed by atoms with Crippen LogP contribution in [0, 0.1) is 0 Å². The van der Waals surface area contributed by atoms with Crippen LogP contribution in [0.25, 0.3) is 0 Å². The summed E-state index contributed by atoms with van der Waals surface area (Å²) in [5, 5.41) is 2.93. The summed E-state index contributed by atoms with van der Waals surface area (Å²) < 4.78 is 26.7. The fourth-order valence-electron chi connectivity index (χ4n) is 3.12. The lowest BCUT2D eigenvalue weighted by Crippen LogP contribution is -2.53. The van der Waals surface area contributed by atoms with E-state index in [-0.39, 0.29) is 6.03 Å². The van der Waals surface area contributed by atoms with E-state index in [1.165, 1.54) is 9.87 Å². The third-order valence-electron chi connectivity index (χ3n) is 4.67. The van der Waals surface area contributed by atoms with Crippen molar-refractivity contribution in [1.29, 1.82) is 0 Å². The summed E-state index contributed by atoms with van der Waals surface area (Å²) in [5.74, 6) is 0. The van der Waals surface area contributed by atoms with Gasteiger partial charge in [0.1, 0.15) is 0 Å². The van der Waals surface area contributed by atoms with Crippen LogP contribution in [0.5, 0.6) is 0 Å². The highest BCUT2D eigenvalue weighted by molar-refractivity contribution is 7.89. The Balaban J connectivity index is 1.43. The number of benzene rings is 2. The molecule has 0 aromatic heterocycles. The van der Waals surface area contributed by atoms with E-state index in [2.05, 4.69) is 17.4 Å². The Morgan fingerprint density at radius 2 is 1.48 bits per heavy atom. The summed E-state index contributed by atoms with van der Waals surface area (Å²) in [6, 6.07) is 18.5. The molecule has 0 atom stereocenters. The van der Waals surface area contributed by atoms with E-state index < -0.39 is 10.0 Å². The Kier molecular flexibility index (Phi) is 6.47. The van der Waals surface area contributed by atoms with Crippen molar-refractivity contribution in [3.63, 3.8) is 0 Å². The van der Waals surface area contributed by atoms with Crippen molar-refractivity contribution in [2.45, 2.75) is 17.7 Å². The zero-order valence-corrected chi connectivity index (χ0v) is 16.1. The van der Waals surface area contributed by atoms with Crippen LogP contribution in [0.2, 0.25) is 0 Å². The average molecular weight is 388 g/mol. The third-order valence-corrected chi connectivity index (χ3v) is 6.58. The van der Waals surface area contributed by atoms with E-state index in [9.17, 15) is 13.2 Å². The van der Waals surface area contributed by atoms with Crippen molar-refractivity contribution in [3.8, 4) is 0 Å². The molecule has 27 heavy (non-hydrogen) atoms. The van der Waals surface area contributed by atoms with Crippen LogP contribution in [0.15, 0.2) is 65.6 Å². The molecule has 1 saturated heterocycles. The van der Waals surface area contributed by atoms with Crippen LogP contribution in [0.1, 0.15) is 12.0 Å². The number of rotatable bonds is 6. The maximum atomic E-state index is 12.6. The molecule has 1 aliphatic rings. The summed E-state index contributed by atoms with van der Waals surface area (Å²) >= 11 is 0. The van der Waals surface area contributed by atoms with Crippen LogP contribution >= 0.6 is 0 Å². The number of nitrogens with zero attached hydrogens (tertiary/aromatic N) is 2. The second kappa shape index (κ2) is 9.01. The lowest BCUT2D eigenvalue weighted by Gasteiger charge is -2.34. The van der Waals surface area contributed by atoms with Crippen LogP contribution in [-0.4, -0.2) is 56.4 Å². The third kappa shape index (κ3) is 5.08. The molecule has 1 N–H and O–H groups in total. The van der Waals surface area contributed by atoms with Crippen molar-refractivity contribution in [1.82, 2.24) is 14.5 Å². The van der Waals surface area contributed by atoms with E-state index in [1.54, 1.807) is 35.2 Å². The predicted octanol–water partition coefficient (Wildman–Crippen LogP) is 2.34. The lowest BCUT2D eigenvalue weighted by molar-refractivity contribution is 0.172. The zero-order chi connectivity index (χ0) is 19.1. The molecule has 0 unspecified atom stereocenters. The van der Waals surface area contributed by atoms with Gasteiger partial charge in [-0.05, 0) is 30.5 Å². The van der Waals surface area contributed by atoms with Gasteiger partial charge >= 0.3 is 6.03 Å². The van der Waals surface area contributed by atoms with Crippen molar-refractivity contribution in [2.24, 2.45) is 0 Å². The number of nitrogens with one attached hydrogen (secondary N) is 1. The van der Waals surface area contributed by atoms with E-state index in [0.29, 0.717) is 37.6 Å². The highest BCUT2D eigenvalue weighted by Crippen LogP contribution is 2.17. The van der Waals surface area contributed by atoms with E-state index >= 15 is 0 Å². The van der Waals surface area contributed by atoms with Gasteiger partial charge in [-0.1, -0.05) is 48.5 Å². The normalized spacial score (nSPS) is 15.5. The molecule has 0 bridgehead atoms. The van der Waals surface area contributed by atoms with Gasteiger partial charge in [-0.15, -0.1) is 0 Å². The van der Waals surface area contributed by atoms with Gasteiger partial charge < -0.3 is 10.2 Å². The van der Waals surface area contributed by atoms with Crippen molar-refractivity contribution in [3.05, 3.63) is 66.2 Å². The minimum absolute atomic E-state index is 0.125. The first-order chi connectivity index (χ1) is 13.1. The van der Waals surface area contributed by atoms with Crippen molar-refractivity contribution < 1.29 is 13.2 Å². The van der Waals surface area contributed by atoms with Gasteiger partial charge in [-0.3, -0.25) is 0 Å². The van der Waals surface area contributed by atoms with Crippen LogP contribution < -0.4 is 5.32 Å². The van der Waals surface area contributed by atoms with Gasteiger partial charge in [-0.25, -0.2) is 13.2 Å². The monoisotopic (exact) mass is 387 g/mol. The average Bonchev–Trinajstić information content (AvgIpc) is 2.72. The molecule has 7 heteroatoms. The molecule has 0 spiro atoms. The highest BCUT2D eigenvalue weighted by atomic mass is 32.2. The quantitative estimate of drug-likeness (QED) is 0.774. The molecule has 1 fully saturated rings. The maximum absolute atomic E-state index is 12.6. The molecule has 1 aliphatic heterocycles. The van der Waals surface area contributed by atoms with E-state index in [0.717, 1.165) is 12.8 Å². The summed E-state index contributed by atoms with van der Waals surface area (Å²) in [6.45, 7) is 2.03. The van der Waals surface area contributed by atoms with Crippen molar-refractivity contribution >= 4 is 16.1 Å². The molecular formula is C20H25N3O3S. The Hall–Kier alpha value is -2.38. The molecule has 0 aliphatic carbocycles. The molecule has 3 rings (SSSR count). The number of aryl methyl sites for hydroxylation is 1. The maximum Gasteiger partial charge on any atom is 0.317 e. The number of urea groups is 1. The summed E-state index contributed by atoms with van der Waals surface area (Å²) in [6.07, 6.45) is 1.79. The molecule has 2 aromatic carbocycles. The van der Waals surface area contributed by atoms with Crippen molar-refractivity contribution in [2.75, 3.05) is 32.7 Å². The summed E-state index contributed by atoms with van der Waals surface area (Å²) in [4.78, 5) is 14.3. The van der Waals surface area contributed by atoms with E-state index in [1.807, 2.05) is 18.2 Å².